The molecule has 1 aromatic carbocycles. The fraction of sp³-hybridized carbons (Fsp3) is 0.333. The fourth-order valence-corrected chi connectivity index (χ4v) is 2.45. The largest absolute Gasteiger partial charge is 0.280 e. The summed E-state index contributed by atoms with van der Waals surface area (Å²) in [6.45, 7) is 0. The van der Waals surface area contributed by atoms with E-state index in [1.165, 1.54) is 0 Å². The van der Waals surface area contributed by atoms with E-state index in [4.69, 9.17) is 11.6 Å². The molecule has 0 heterocycles. The van der Waals surface area contributed by atoms with Crippen LogP contribution in [0.25, 0.3) is 0 Å². The van der Waals surface area contributed by atoms with E-state index in [2.05, 4.69) is 0 Å². The van der Waals surface area contributed by atoms with Crippen molar-refractivity contribution in [3.63, 3.8) is 0 Å². The number of rotatable bonds is 5. The molecule has 0 fully saturated rings. The van der Waals surface area contributed by atoms with Gasteiger partial charge in [-0.3, -0.25) is 4.72 Å². The van der Waals surface area contributed by atoms with Crippen LogP contribution in [0.4, 0.5) is 14.5 Å². The molecule has 0 saturated heterocycles. The molecule has 0 radical (unpaired) electrons. The first kappa shape index (κ1) is 13.2. The maximum atomic E-state index is 13.1. The lowest BCUT2D eigenvalue weighted by atomic mass is 10.3. The maximum absolute atomic E-state index is 13.1. The molecule has 7 heteroatoms. The summed E-state index contributed by atoms with van der Waals surface area (Å²) in [4.78, 5) is 0. The summed E-state index contributed by atoms with van der Waals surface area (Å²) >= 11 is 5.34. The lowest BCUT2D eigenvalue weighted by molar-refractivity contribution is 0.593. The van der Waals surface area contributed by atoms with Crippen molar-refractivity contribution in [2.24, 2.45) is 0 Å². The van der Waals surface area contributed by atoms with Crippen molar-refractivity contribution in [3.8, 4) is 0 Å². The van der Waals surface area contributed by atoms with Crippen LogP contribution in [0.2, 0.25) is 0 Å². The first-order valence-corrected chi connectivity index (χ1v) is 6.65. The summed E-state index contributed by atoms with van der Waals surface area (Å²) in [7, 11) is -3.68. The number of sulfonamides is 1. The third-order valence-electron chi connectivity index (χ3n) is 1.74. The van der Waals surface area contributed by atoms with E-state index in [1.54, 1.807) is 0 Å². The van der Waals surface area contributed by atoms with Crippen LogP contribution in [0.3, 0.4) is 0 Å². The lowest BCUT2D eigenvalue weighted by Gasteiger charge is -2.08. The number of alkyl halides is 1. The zero-order valence-corrected chi connectivity index (χ0v) is 9.78. The Balaban J connectivity index is 2.83. The van der Waals surface area contributed by atoms with Crippen LogP contribution in [0.5, 0.6) is 0 Å². The van der Waals surface area contributed by atoms with E-state index in [0.29, 0.717) is 0 Å². The summed E-state index contributed by atoms with van der Waals surface area (Å²) in [6.07, 6.45) is 0.244. The number of anilines is 1. The summed E-state index contributed by atoms with van der Waals surface area (Å²) < 4.78 is 50.5. The predicted octanol–water partition coefficient (Wildman–Crippen LogP) is 2.34. The minimum atomic E-state index is -3.68. The zero-order valence-electron chi connectivity index (χ0n) is 8.21. The number of benzene rings is 1. The Morgan fingerprint density at radius 2 is 2.00 bits per heavy atom. The van der Waals surface area contributed by atoms with Crippen molar-refractivity contribution in [2.75, 3.05) is 16.4 Å². The third kappa shape index (κ3) is 3.94. The lowest BCUT2D eigenvalue weighted by Crippen LogP contribution is -2.17. The summed E-state index contributed by atoms with van der Waals surface area (Å²) in [5, 5.41) is 0. The number of hydrogen-bond donors (Lipinski definition) is 1. The minimum absolute atomic E-state index is 0.187. The SMILES string of the molecule is O=S(=O)(CCCCl)Nc1cc(F)ccc1F. The van der Waals surface area contributed by atoms with Gasteiger partial charge in [-0.25, -0.2) is 17.2 Å². The molecule has 0 saturated carbocycles. The molecule has 90 valence electrons. The molecule has 0 unspecified atom stereocenters. The highest BCUT2D eigenvalue weighted by atomic mass is 35.5. The average molecular weight is 270 g/mol. The Labute approximate surface area is 97.5 Å². The molecule has 3 nitrogen and oxygen atoms in total. The van der Waals surface area contributed by atoms with E-state index in [1.807, 2.05) is 4.72 Å². The molecule has 0 aromatic heterocycles. The Morgan fingerprint density at radius 3 is 2.62 bits per heavy atom. The van der Waals surface area contributed by atoms with E-state index < -0.39 is 27.3 Å². The highest BCUT2D eigenvalue weighted by Gasteiger charge is 2.13. The van der Waals surface area contributed by atoms with Crippen LogP contribution in [0.1, 0.15) is 6.42 Å². The summed E-state index contributed by atoms with van der Waals surface area (Å²) in [5.74, 6) is -1.58. The van der Waals surface area contributed by atoms with Crippen molar-refractivity contribution in [1.82, 2.24) is 0 Å². The topological polar surface area (TPSA) is 46.2 Å². The van der Waals surface area contributed by atoms with E-state index in [-0.39, 0.29) is 18.1 Å². The van der Waals surface area contributed by atoms with Gasteiger partial charge in [-0.05, 0) is 18.6 Å². The van der Waals surface area contributed by atoms with Gasteiger partial charge in [-0.2, -0.15) is 0 Å². The quantitative estimate of drug-likeness (QED) is 0.834. The Kier molecular flexibility index (Phi) is 4.49. The van der Waals surface area contributed by atoms with Crippen molar-refractivity contribution in [3.05, 3.63) is 29.8 Å². The van der Waals surface area contributed by atoms with Gasteiger partial charge in [0.2, 0.25) is 10.0 Å². The second kappa shape index (κ2) is 5.45. The van der Waals surface area contributed by atoms with Gasteiger partial charge < -0.3 is 0 Å². The summed E-state index contributed by atoms with van der Waals surface area (Å²) in [6, 6.07) is 2.55. The van der Waals surface area contributed by atoms with Gasteiger partial charge in [0.05, 0.1) is 11.4 Å². The van der Waals surface area contributed by atoms with Crippen molar-refractivity contribution in [2.45, 2.75) is 6.42 Å². The van der Waals surface area contributed by atoms with Gasteiger partial charge in [-0.15, -0.1) is 11.6 Å². The second-order valence-electron chi connectivity index (χ2n) is 3.09. The molecule has 16 heavy (non-hydrogen) atoms. The average Bonchev–Trinajstić information content (AvgIpc) is 2.20. The number of halogens is 3. The van der Waals surface area contributed by atoms with Gasteiger partial charge in [0.25, 0.3) is 0 Å². The predicted molar refractivity (Wildman–Crippen MR) is 59.1 cm³/mol. The summed E-state index contributed by atoms with van der Waals surface area (Å²) in [5.41, 5.74) is -0.394. The van der Waals surface area contributed by atoms with Crippen LogP contribution in [0, 0.1) is 11.6 Å². The second-order valence-corrected chi connectivity index (χ2v) is 5.31. The van der Waals surface area contributed by atoms with Gasteiger partial charge in [-0.1, -0.05) is 0 Å². The Morgan fingerprint density at radius 1 is 1.31 bits per heavy atom. The maximum Gasteiger partial charge on any atom is 0.232 e. The van der Waals surface area contributed by atoms with Crippen LogP contribution >= 0.6 is 11.6 Å². The zero-order chi connectivity index (χ0) is 12.2. The van der Waals surface area contributed by atoms with E-state index >= 15 is 0 Å². The van der Waals surface area contributed by atoms with E-state index in [9.17, 15) is 17.2 Å². The van der Waals surface area contributed by atoms with Crippen LogP contribution in [0.15, 0.2) is 18.2 Å². The standard InChI is InChI=1S/C9H10ClF2NO2S/c10-4-1-5-16(14,15)13-9-6-7(11)2-3-8(9)12/h2-3,6,13H,1,4-5H2. The Hall–Kier alpha value is -0.880. The van der Waals surface area contributed by atoms with Gasteiger partial charge in [0.1, 0.15) is 11.6 Å². The molecule has 1 rings (SSSR count). The third-order valence-corrected chi connectivity index (χ3v) is 3.36. The normalized spacial score (nSPS) is 11.4. The van der Waals surface area contributed by atoms with Crippen molar-refractivity contribution in [1.29, 1.82) is 0 Å². The van der Waals surface area contributed by atoms with E-state index in [0.717, 1.165) is 18.2 Å². The molecule has 0 bridgehead atoms. The molecule has 0 aliphatic heterocycles. The van der Waals surface area contributed by atoms with Crippen LogP contribution < -0.4 is 4.72 Å². The monoisotopic (exact) mass is 269 g/mol. The van der Waals surface area contributed by atoms with Gasteiger partial charge in [0.15, 0.2) is 0 Å². The van der Waals surface area contributed by atoms with Crippen molar-refractivity contribution >= 4 is 27.3 Å². The first-order chi connectivity index (χ1) is 7.44. The highest BCUT2D eigenvalue weighted by Crippen LogP contribution is 2.16. The molecule has 0 aliphatic rings. The minimum Gasteiger partial charge on any atom is -0.280 e. The molecule has 0 amide bonds. The number of hydrogen-bond acceptors (Lipinski definition) is 2. The molecule has 1 aromatic rings. The molecule has 0 spiro atoms. The van der Waals surface area contributed by atoms with Gasteiger partial charge in [0, 0.05) is 11.9 Å². The molecule has 1 N–H and O–H groups in total. The highest BCUT2D eigenvalue weighted by molar-refractivity contribution is 7.92. The van der Waals surface area contributed by atoms with Gasteiger partial charge >= 0.3 is 0 Å². The Bertz CT molecular complexity index is 465. The molecular weight excluding hydrogens is 260 g/mol. The molecule has 0 atom stereocenters. The molecular formula is C9H10ClF2NO2S. The number of nitrogens with one attached hydrogen (secondary N) is 1. The smallest absolute Gasteiger partial charge is 0.232 e. The van der Waals surface area contributed by atoms with Crippen molar-refractivity contribution < 1.29 is 17.2 Å². The fourth-order valence-electron chi connectivity index (χ4n) is 1.04. The molecule has 0 aliphatic carbocycles. The van der Waals surface area contributed by atoms with Crippen LogP contribution in [-0.2, 0) is 10.0 Å². The first-order valence-electron chi connectivity index (χ1n) is 4.46. The van der Waals surface area contributed by atoms with Crippen LogP contribution in [-0.4, -0.2) is 20.1 Å².